The Labute approximate surface area is 117 Å². The predicted octanol–water partition coefficient (Wildman–Crippen LogP) is 1.22. The summed E-state index contributed by atoms with van der Waals surface area (Å²) in [6.45, 7) is 9.06. The van der Waals surface area contributed by atoms with Crippen molar-refractivity contribution in [3.05, 3.63) is 0 Å². The summed E-state index contributed by atoms with van der Waals surface area (Å²) >= 11 is 0. The van der Waals surface area contributed by atoms with Gasteiger partial charge in [0.15, 0.2) is 0 Å². The molecule has 0 aromatic rings. The fourth-order valence-electron chi connectivity index (χ4n) is 3.37. The van der Waals surface area contributed by atoms with Crippen LogP contribution in [0, 0.1) is 11.8 Å². The molecule has 110 valence electrons. The van der Waals surface area contributed by atoms with E-state index < -0.39 is 0 Å². The molecule has 19 heavy (non-hydrogen) atoms. The first-order valence-electron chi connectivity index (χ1n) is 7.88. The SMILES string of the molecule is CC(C)CNC(=O)CN1CCCC1C1CCNCC1. The summed E-state index contributed by atoms with van der Waals surface area (Å²) in [6, 6.07) is 0.645. The highest BCUT2D eigenvalue weighted by atomic mass is 16.2. The van der Waals surface area contributed by atoms with E-state index >= 15 is 0 Å². The number of hydrogen-bond acceptors (Lipinski definition) is 3. The van der Waals surface area contributed by atoms with Crippen LogP contribution < -0.4 is 10.6 Å². The summed E-state index contributed by atoms with van der Waals surface area (Å²) in [7, 11) is 0. The fourth-order valence-corrected chi connectivity index (χ4v) is 3.37. The quantitative estimate of drug-likeness (QED) is 0.787. The van der Waals surface area contributed by atoms with Crippen molar-refractivity contribution in [3.8, 4) is 0 Å². The van der Waals surface area contributed by atoms with Crippen molar-refractivity contribution in [1.82, 2.24) is 15.5 Å². The van der Waals surface area contributed by atoms with Crippen molar-refractivity contribution < 1.29 is 4.79 Å². The first-order valence-corrected chi connectivity index (χ1v) is 7.88. The van der Waals surface area contributed by atoms with Gasteiger partial charge < -0.3 is 10.6 Å². The Balaban J connectivity index is 1.79. The van der Waals surface area contributed by atoms with E-state index in [0.29, 0.717) is 18.5 Å². The van der Waals surface area contributed by atoms with E-state index in [1.54, 1.807) is 0 Å². The van der Waals surface area contributed by atoms with Gasteiger partial charge in [0.05, 0.1) is 6.54 Å². The summed E-state index contributed by atoms with van der Waals surface area (Å²) in [4.78, 5) is 14.4. The van der Waals surface area contributed by atoms with E-state index in [1.165, 1.54) is 25.7 Å². The van der Waals surface area contributed by atoms with Gasteiger partial charge in [0.2, 0.25) is 5.91 Å². The third-order valence-corrected chi connectivity index (χ3v) is 4.40. The molecule has 0 spiro atoms. The molecule has 2 fully saturated rings. The highest BCUT2D eigenvalue weighted by Gasteiger charge is 2.33. The summed E-state index contributed by atoms with van der Waals surface area (Å²) in [6.07, 6.45) is 5.08. The molecule has 1 atom stereocenters. The maximum absolute atomic E-state index is 12.0. The molecule has 2 rings (SSSR count). The molecule has 0 saturated carbocycles. The van der Waals surface area contributed by atoms with Crippen LogP contribution in [0.3, 0.4) is 0 Å². The number of nitrogens with one attached hydrogen (secondary N) is 2. The average molecular weight is 267 g/mol. The Bertz CT molecular complexity index is 287. The fraction of sp³-hybridized carbons (Fsp3) is 0.933. The minimum absolute atomic E-state index is 0.203. The lowest BCUT2D eigenvalue weighted by molar-refractivity contribution is -0.122. The van der Waals surface area contributed by atoms with Crippen molar-refractivity contribution >= 4 is 5.91 Å². The lowest BCUT2D eigenvalue weighted by Gasteiger charge is -2.34. The third-order valence-electron chi connectivity index (χ3n) is 4.40. The number of carbonyl (C=O) groups excluding carboxylic acids is 1. The number of rotatable bonds is 5. The normalized spacial score (nSPS) is 25.9. The zero-order chi connectivity index (χ0) is 13.7. The molecule has 2 N–H and O–H groups in total. The Morgan fingerprint density at radius 2 is 2.05 bits per heavy atom. The second-order valence-corrected chi connectivity index (χ2v) is 6.47. The van der Waals surface area contributed by atoms with E-state index in [1.807, 2.05) is 0 Å². The molecule has 1 unspecified atom stereocenters. The average Bonchev–Trinajstić information content (AvgIpc) is 2.85. The van der Waals surface area contributed by atoms with E-state index in [4.69, 9.17) is 0 Å². The zero-order valence-corrected chi connectivity index (χ0v) is 12.5. The Hall–Kier alpha value is -0.610. The third kappa shape index (κ3) is 4.46. The van der Waals surface area contributed by atoms with E-state index in [2.05, 4.69) is 29.4 Å². The number of amides is 1. The maximum atomic E-state index is 12.0. The number of nitrogens with zero attached hydrogens (tertiary/aromatic N) is 1. The molecular formula is C15H29N3O. The van der Waals surface area contributed by atoms with E-state index in [9.17, 15) is 4.79 Å². The second kappa shape index (κ2) is 7.25. The van der Waals surface area contributed by atoms with Crippen molar-refractivity contribution in [2.75, 3.05) is 32.7 Å². The van der Waals surface area contributed by atoms with Gasteiger partial charge >= 0.3 is 0 Å². The molecule has 4 heteroatoms. The van der Waals surface area contributed by atoms with Crippen molar-refractivity contribution in [2.45, 2.75) is 45.6 Å². The smallest absolute Gasteiger partial charge is 0.234 e. The number of likely N-dealkylation sites (tertiary alicyclic amines) is 1. The van der Waals surface area contributed by atoms with Gasteiger partial charge in [-0.2, -0.15) is 0 Å². The molecular weight excluding hydrogens is 238 g/mol. The van der Waals surface area contributed by atoms with Gasteiger partial charge in [-0.3, -0.25) is 9.69 Å². The van der Waals surface area contributed by atoms with Gasteiger partial charge in [-0.1, -0.05) is 13.8 Å². The van der Waals surface area contributed by atoms with Gasteiger partial charge in [-0.15, -0.1) is 0 Å². The van der Waals surface area contributed by atoms with E-state index in [-0.39, 0.29) is 5.91 Å². The van der Waals surface area contributed by atoms with Crippen LogP contribution >= 0.6 is 0 Å². The highest BCUT2D eigenvalue weighted by molar-refractivity contribution is 5.78. The standard InChI is InChI=1S/C15H29N3O/c1-12(2)10-17-15(19)11-18-9-3-4-14(18)13-5-7-16-8-6-13/h12-14,16H,3-11H2,1-2H3,(H,17,19). The topological polar surface area (TPSA) is 44.4 Å². The minimum Gasteiger partial charge on any atom is -0.355 e. The van der Waals surface area contributed by atoms with E-state index in [0.717, 1.165) is 32.1 Å². The van der Waals surface area contributed by atoms with Crippen LogP contribution in [-0.4, -0.2) is 49.6 Å². The molecule has 0 bridgehead atoms. The molecule has 0 aromatic heterocycles. The van der Waals surface area contributed by atoms with Crippen LogP contribution in [0.5, 0.6) is 0 Å². The maximum Gasteiger partial charge on any atom is 0.234 e. The molecule has 2 aliphatic rings. The molecule has 2 heterocycles. The number of hydrogen-bond donors (Lipinski definition) is 2. The van der Waals surface area contributed by atoms with Crippen LogP contribution in [0.15, 0.2) is 0 Å². The first kappa shape index (κ1) is 14.8. The number of carbonyl (C=O) groups is 1. The first-order chi connectivity index (χ1) is 9.16. The highest BCUT2D eigenvalue weighted by Crippen LogP contribution is 2.29. The monoisotopic (exact) mass is 267 g/mol. The lowest BCUT2D eigenvalue weighted by Crippen LogP contribution is -2.45. The Morgan fingerprint density at radius 3 is 2.74 bits per heavy atom. The zero-order valence-electron chi connectivity index (χ0n) is 12.5. The molecule has 0 aliphatic carbocycles. The summed E-state index contributed by atoms with van der Waals surface area (Å²) < 4.78 is 0. The van der Waals surface area contributed by atoms with Gasteiger partial charge in [-0.05, 0) is 57.2 Å². The molecule has 4 nitrogen and oxygen atoms in total. The molecule has 2 saturated heterocycles. The van der Waals surface area contributed by atoms with Crippen molar-refractivity contribution in [3.63, 3.8) is 0 Å². The van der Waals surface area contributed by atoms with Gasteiger partial charge in [-0.25, -0.2) is 0 Å². The summed E-state index contributed by atoms with van der Waals surface area (Å²) in [5, 5.41) is 6.47. The van der Waals surface area contributed by atoms with Crippen molar-refractivity contribution in [1.29, 1.82) is 0 Å². The summed E-state index contributed by atoms with van der Waals surface area (Å²) in [5.74, 6) is 1.53. The van der Waals surface area contributed by atoms with Gasteiger partial charge in [0.25, 0.3) is 0 Å². The molecule has 1 amide bonds. The Morgan fingerprint density at radius 1 is 1.32 bits per heavy atom. The minimum atomic E-state index is 0.203. The van der Waals surface area contributed by atoms with Gasteiger partial charge in [0.1, 0.15) is 0 Å². The summed E-state index contributed by atoms with van der Waals surface area (Å²) in [5.41, 5.74) is 0. The van der Waals surface area contributed by atoms with Crippen LogP contribution in [-0.2, 0) is 4.79 Å². The molecule has 0 aromatic carbocycles. The van der Waals surface area contributed by atoms with Gasteiger partial charge in [0, 0.05) is 12.6 Å². The van der Waals surface area contributed by atoms with Crippen LogP contribution in [0.25, 0.3) is 0 Å². The predicted molar refractivity (Wildman–Crippen MR) is 78.0 cm³/mol. The molecule has 2 aliphatic heterocycles. The van der Waals surface area contributed by atoms with Crippen molar-refractivity contribution in [2.24, 2.45) is 11.8 Å². The number of piperidine rings is 1. The molecule has 0 radical (unpaired) electrons. The van der Waals surface area contributed by atoms with Crippen LogP contribution in [0.4, 0.5) is 0 Å². The largest absolute Gasteiger partial charge is 0.355 e. The van der Waals surface area contributed by atoms with Crippen LogP contribution in [0.2, 0.25) is 0 Å². The lowest BCUT2D eigenvalue weighted by atomic mass is 9.89. The Kier molecular flexibility index (Phi) is 5.64. The van der Waals surface area contributed by atoms with Crippen LogP contribution in [0.1, 0.15) is 39.5 Å². The second-order valence-electron chi connectivity index (χ2n) is 6.47.